The molecule has 1 aliphatic rings. The van der Waals surface area contributed by atoms with Crippen LogP contribution in [-0.4, -0.2) is 39.0 Å². The maximum Gasteiger partial charge on any atom is 0.354 e. The van der Waals surface area contributed by atoms with Gasteiger partial charge in [0.25, 0.3) is 0 Å². The average molecular weight is 592 g/mol. The van der Waals surface area contributed by atoms with E-state index in [4.69, 9.17) is 23.1 Å². The summed E-state index contributed by atoms with van der Waals surface area (Å²) in [6, 6.07) is 14.0. The van der Waals surface area contributed by atoms with Crippen molar-refractivity contribution in [3.8, 4) is 16.9 Å². The highest BCUT2D eigenvalue weighted by Gasteiger charge is 2.22. The van der Waals surface area contributed by atoms with Crippen molar-refractivity contribution in [1.82, 2.24) is 19.9 Å². The Morgan fingerprint density at radius 2 is 2.02 bits per heavy atom. The SMILES string of the molecule is CC(N)=NCC[C@@H]1CCC[C@H](c2ccc(-n3cc4cc(-c5cc(CCC[C@H](C)N)cc(Cl)c5F)[nH]c4nc3=O)cc2)N1. The summed E-state index contributed by atoms with van der Waals surface area (Å²) in [6.45, 7) is 4.51. The summed E-state index contributed by atoms with van der Waals surface area (Å²) in [5.74, 6) is 0.108. The second kappa shape index (κ2) is 13.2. The van der Waals surface area contributed by atoms with Crippen LogP contribution in [0.5, 0.6) is 0 Å². The molecule has 3 atom stereocenters. The molecule has 4 aromatic rings. The number of halogens is 2. The summed E-state index contributed by atoms with van der Waals surface area (Å²) >= 11 is 6.25. The van der Waals surface area contributed by atoms with Gasteiger partial charge in [-0.25, -0.2) is 9.18 Å². The van der Waals surface area contributed by atoms with E-state index in [0.717, 1.165) is 57.1 Å². The number of rotatable bonds is 10. The highest BCUT2D eigenvalue weighted by Crippen LogP contribution is 2.32. The molecular formula is C32H39ClFN7O. The van der Waals surface area contributed by atoms with Crippen molar-refractivity contribution >= 4 is 28.5 Å². The van der Waals surface area contributed by atoms with Crippen LogP contribution < -0.4 is 22.5 Å². The van der Waals surface area contributed by atoms with Gasteiger partial charge in [0.2, 0.25) is 0 Å². The molecule has 3 heterocycles. The number of amidine groups is 1. The largest absolute Gasteiger partial charge is 0.388 e. The van der Waals surface area contributed by atoms with Gasteiger partial charge in [0.05, 0.1) is 22.2 Å². The molecule has 5 rings (SSSR count). The van der Waals surface area contributed by atoms with E-state index in [1.165, 1.54) is 10.1 Å². The molecule has 0 bridgehead atoms. The summed E-state index contributed by atoms with van der Waals surface area (Å²) < 4.78 is 16.6. The highest BCUT2D eigenvalue weighted by atomic mass is 35.5. The van der Waals surface area contributed by atoms with Gasteiger partial charge in [-0.15, -0.1) is 0 Å². The molecule has 1 saturated heterocycles. The topological polar surface area (TPSA) is 127 Å². The summed E-state index contributed by atoms with van der Waals surface area (Å²) in [5.41, 5.74) is 15.2. The molecule has 0 amide bonds. The molecule has 2 aromatic carbocycles. The maximum atomic E-state index is 15.1. The van der Waals surface area contributed by atoms with Crippen LogP contribution in [0.1, 0.15) is 69.5 Å². The predicted molar refractivity (Wildman–Crippen MR) is 169 cm³/mol. The minimum atomic E-state index is -0.509. The molecule has 42 heavy (non-hydrogen) atoms. The molecule has 222 valence electrons. The van der Waals surface area contributed by atoms with Crippen LogP contribution in [0.2, 0.25) is 5.02 Å². The van der Waals surface area contributed by atoms with E-state index in [0.29, 0.717) is 39.9 Å². The molecule has 10 heteroatoms. The summed E-state index contributed by atoms with van der Waals surface area (Å²) in [6.07, 6.45) is 8.52. The molecule has 0 aliphatic carbocycles. The summed E-state index contributed by atoms with van der Waals surface area (Å²) in [7, 11) is 0. The van der Waals surface area contributed by atoms with Crippen molar-refractivity contribution in [1.29, 1.82) is 0 Å². The number of nitrogens with zero attached hydrogens (tertiary/aromatic N) is 3. The third-order valence-electron chi connectivity index (χ3n) is 7.91. The molecule has 0 unspecified atom stereocenters. The van der Waals surface area contributed by atoms with Crippen molar-refractivity contribution < 1.29 is 4.39 Å². The third kappa shape index (κ3) is 7.09. The molecule has 2 aromatic heterocycles. The van der Waals surface area contributed by atoms with Gasteiger partial charge < -0.3 is 21.8 Å². The van der Waals surface area contributed by atoms with Crippen LogP contribution in [0.3, 0.4) is 0 Å². The molecule has 1 fully saturated rings. The number of benzene rings is 2. The molecule has 6 N–H and O–H groups in total. The Kier molecular flexibility index (Phi) is 9.40. The first-order valence-electron chi connectivity index (χ1n) is 14.7. The first-order chi connectivity index (χ1) is 20.2. The molecule has 8 nitrogen and oxygen atoms in total. The molecular weight excluding hydrogens is 553 g/mol. The van der Waals surface area contributed by atoms with E-state index in [-0.39, 0.29) is 17.1 Å². The van der Waals surface area contributed by atoms with Crippen molar-refractivity contribution in [2.45, 2.75) is 76.9 Å². The van der Waals surface area contributed by atoms with Crippen LogP contribution in [0.15, 0.2) is 58.4 Å². The van der Waals surface area contributed by atoms with Gasteiger partial charge in [0.15, 0.2) is 5.82 Å². The Morgan fingerprint density at radius 3 is 2.76 bits per heavy atom. The number of nitrogens with one attached hydrogen (secondary N) is 2. The van der Waals surface area contributed by atoms with Crippen LogP contribution in [0.4, 0.5) is 4.39 Å². The normalized spacial score (nSPS) is 18.5. The number of nitrogens with two attached hydrogens (primary N) is 2. The lowest BCUT2D eigenvalue weighted by molar-refractivity contribution is 0.315. The fourth-order valence-corrected chi connectivity index (χ4v) is 5.95. The smallest absolute Gasteiger partial charge is 0.354 e. The molecule has 0 spiro atoms. The molecule has 1 aliphatic heterocycles. The number of aromatic nitrogens is 3. The first kappa shape index (κ1) is 29.9. The van der Waals surface area contributed by atoms with Crippen LogP contribution in [0.25, 0.3) is 28.0 Å². The Morgan fingerprint density at radius 1 is 1.24 bits per heavy atom. The third-order valence-corrected chi connectivity index (χ3v) is 8.18. The Bertz CT molecular complexity index is 1620. The number of hydrogen-bond donors (Lipinski definition) is 4. The minimum Gasteiger partial charge on any atom is -0.388 e. The quantitative estimate of drug-likeness (QED) is 0.137. The van der Waals surface area contributed by atoms with E-state index in [1.54, 1.807) is 24.4 Å². The Hall–Kier alpha value is -3.53. The highest BCUT2D eigenvalue weighted by molar-refractivity contribution is 6.31. The van der Waals surface area contributed by atoms with Crippen molar-refractivity contribution in [2.75, 3.05) is 6.54 Å². The second-order valence-corrected chi connectivity index (χ2v) is 11.8. The van der Waals surface area contributed by atoms with Gasteiger partial charge in [0, 0.05) is 41.8 Å². The van der Waals surface area contributed by atoms with Crippen molar-refractivity contribution in [3.63, 3.8) is 0 Å². The van der Waals surface area contributed by atoms with E-state index in [1.807, 2.05) is 26.0 Å². The second-order valence-electron chi connectivity index (χ2n) is 11.4. The lowest BCUT2D eigenvalue weighted by atomic mass is 9.92. The zero-order chi connectivity index (χ0) is 29.8. The van der Waals surface area contributed by atoms with Gasteiger partial charge in [-0.3, -0.25) is 9.56 Å². The zero-order valence-corrected chi connectivity index (χ0v) is 24.9. The predicted octanol–water partition coefficient (Wildman–Crippen LogP) is 5.79. The number of aromatic amines is 1. The Balaban J connectivity index is 1.35. The van der Waals surface area contributed by atoms with Gasteiger partial charge in [-0.1, -0.05) is 30.2 Å². The fraction of sp³-hybridized carbons (Fsp3) is 0.406. The van der Waals surface area contributed by atoms with Gasteiger partial charge in [-0.2, -0.15) is 4.98 Å². The van der Waals surface area contributed by atoms with Crippen molar-refractivity contribution in [2.24, 2.45) is 16.5 Å². The van der Waals surface area contributed by atoms with Gasteiger partial charge in [0.1, 0.15) is 5.65 Å². The monoisotopic (exact) mass is 591 g/mol. The van der Waals surface area contributed by atoms with E-state index in [9.17, 15) is 4.79 Å². The van der Waals surface area contributed by atoms with Gasteiger partial charge >= 0.3 is 5.69 Å². The number of fused-ring (bicyclic) bond motifs is 1. The number of piperidine rings is 1. The maximum absolute atomic E-state index is 15.1. The Labute approximate surface area is 250 Å². The van der Waals surface area contributed by atoms with Crippen LogP contribution >= 0.6 is 11.6 Å². The minimum absolute atomic E-state index is 0.0625. The van der Waals surface area contributed by atoms with E-state index >= 15 is 4.39 Å². The summed E-state index contributed by atoms with van der Waals surface area (Å²) in [5, 5.41) is 4.50. The number of aliphatic imine (C=N–C) groups is 1. The standard InChI is InChI=1S/C32H39ClFN7O/c1-19(35)5-3-6-21-15-26(30(34)27(33)16-21)29-17-23-18-41(32(42)40-31(23)39-29)25-11-9-22(10-12-25)28-8-4-7-24(38-28)13-14-37-20(2)36/h9-12,15-19,24,28,38H,3-8,13-14,35H2,1-2H3,(H2,36,37)(H,39,40,42)/t19-,24-,28+/m0/s1. The number of aryl methyl sites for hydroxylation is 1. The lowest BCUT2D eigenvalue weighted by Gasteiger charge is -2.31. The number of H-pyrrole nitrogens is 1. The van der Waals surface area contributed by atoms with E-state index in [2.05, 4.69) is 32.4 Å². The summed E-state index contributed by atoms with van der Waals surface area (Å²) in [4.78, 5) is 24.7. The van der Waals surface area contributed by atoms with Crippen LogP contribution in [0, 0.1) is 5.82 Å². The fourth-order valence-electron chi connectivity index (χ4n) is 5.71. The lowest BCUT2D eigenvalue weighted by Crippen LogP contribution is -2.37. The van der Waals surface area contributed by atoms with Crippen molar-refractivity contribution in [3.05, 3.63) is 81.1 Å². The molecule has 0 saturated carbocycles. The molecule has 0 radical (unpaired) electrons. The van der Waals surface area contributed by atoms with Gasteiger partial charge in [-0.05, 0) is 93.8 Å². The first-order valence-corrected chi connectivity index (χ1v) is 15.0. The number of hydrogen-bond acceptors (Lipinski definition) is 5. The average Bonchev–Trinajstić information content (AvgIpc) is 3.37. The van der Waals surface area contributed by atoms with E-state index < -0.39 is 11.5 Å². The zero-order valence-electron chi connectivity index (χ0n) is 24.2. The van der Waals surface area contributed by atoms with Crippen LogP contribution in [-0.2, 0) is 6.42 Å².